The molecule has 0 saturated heterocycles. The molecular weight excluding hydrogens is 233 g/mol. The Morgan fingerprint density at radius 1 is 1.33 bits per heavy atom. The van der Waals surface area contributed by atoms with E-state index in [0.717, 1.165) is 18.4 Å². The first-order chi connectivity index (χ1) is 8.56. The fourth-order valence-corrected chi connectivity index (χ4v) is 2.29. The second-order valence-corrected chi connectivity index (χ2v) is 4.96. The zero-order valence-corrected chi connectivity index (χ0v) is 10.4. The highest BCUT2D eigenvalue weighted by molar-refractivity contribution is 5.94. The number of carbonyl (C=O) groups excluding carboxylic acids is 1. The summed E-state index contributed by atoms with van der Waals surface area (Å²) in [5.41, 5.74) is 0.886. The molecule has 98 valence electrons. The van der Waals surface area contributed by atoms with Gasteiger partial charge in [-0.05, 0) is 50.3 Å². The maximum atomic E-state index is 13.6. The summed E-state index contributed by atoms with van der Waals surface area (Å²) in [4.78, 5) is 11.9. The van der Waals surface area contributed by atoms with E-state index in [1.807, 2.05) is 0 Å². The smallest absolute Gasteiger partial charge is 0.254 e. The molecular formula is C14H18FNO2. The third-order valence-corrected chi connectivity index (χ3v) is 3.40. The lowest BCUT2D eigenvalue weighted by Gasteiger charge is -2.26. The molecule has 1 aliphatic carbocycles. The number of hydrogen-bond donors (Lipinski definition) is 2. The molecule has 18 heavy (non-hydrogen) atoms. The highest BCUT2D eigenvalue weighted by Crippen LogP contribution is 2.19. The van der Waals surface area contributed by atoms with Gasteiger partial charge >= 0.3 is 0 Å². The monoisotopic (exact) mass is 251 g/mol. The van der Waals surface area contributed by atoms with Crippen LogP contribution in [0.2, 0.25) is 0 Å². The predicted molar refractivity (Wildman–Crippen MR) is 66.9 cm³/mol. The fraction of sp³-hybridized carbons (Fsp3) is 0.500. The van der Waals surface area contributed by atoms with Crippen molar-refractivity contribution < 1.29 is 14.3 Å². The second kappa shape index (κ2) is 5.48. The van der Waals surface area contributed by atoms with E-state index in [4.69, 9.17) is 0 Å². The fourth-order valence-electron chi connectivity index (χ4n) is 2.29. The quantitative estimate of drug-likeness (QED) is 0.846. The van der Waals surface area contributed by atoms with Crippen LogP contribution in [-0.2, 0) is 0 Å². The Morgan fingerprint density at radius 2 is 2.00 bits per heavy atom. The van der Waals surface area contributed by atoms with Gasteiger partial charge in [0.1, 0.15) is 5.82 Å². The molecule has 2 N–H and O–H groups in total. The van der Waals surface area contributed by atoms with Gasteiger partial charge in [0.15, 0.2) is 0 Å². The standard InChI is InChI=1S/C14H18FNO2/c1-9-2-7-12(13(15)8-9)14(18)16-10-3-5-11(17)6-4-10/h2,7-8,10-11,17H,3-6H2,1H3,(H,16,18). The number of benzene rings is 1. The number of nitrogens with one attached hydrogen (secondary N) is 1. The number of rotatable bonds is 2. The van der Waals surface area contributed by atoms with E-state index in [1.165, 1.54) is 12.1 Å². The minimum absolute atomic E-state index is 0.0432. The molecule has 0 bridgehead atoms. The van der Waals surface area contributed by atoms with E-state index in [-0.39, 0.29) is 23.6 Å². The lowest BCUT2D eigenvalue weighted by molar-refractivity contribution is 0.0864. The van der Waals surface area contributed by atoms with E-state index in [2.05, 4.69) is 5.32 Å². The van der Waals surface area contributed by atoms with Crippen molar-refractivity contribution in [3.05, 3.63) is 35.1 Å². The van der Waals surface area contributed by atoms with Crippen LogP contribution in [0.3, 0.4) is 0 Å². The maximum absolute atomic E-state index is 13.6. The Hall–Kier alpha value is -1.42. The van der Waals surface area contributed by atoms with E-state index in [9.17, 15) is 14.3 Å². The van der Waals surface area contributed by atoms with Crippen LogP contribution in [-0.4, -0.2) is 23.2 Å². The van der Waals surface area contributed by atoms with E-state index in [0.29, 0.717) is 12.8 Å². The molecule has 2 rings (SSSR count). The summed E-state index contributed by atoms with van der Waals surface area (Å²) in [6, 6.07) is 4.64. The molecule has 4 heteroatoms. The molecule has 0 radical (unpaired) electrons. The first-order valence-corrected chi connectivity index (χ1v) is 6.31. The molecule has 0 heterocycles. The summed E-state index contributed by atoms with van der Waals surface area (Å²) in [5, 5.41) is 12.2. The van der Waals surface area contributed by atoms with Crippen molar-refractivity contribution in [3.8, 4) is 0 Å². The Labute approximate surface area is 106 Å². The Morgan fingerprint density at radius 3 is 2.61 bits per heavy atom. The first-order valence-electron chi connectivity index (χ1n) is 6.31. The van der Waals surface area contributed by atoms with Crippen molar-refractivity contribution in [3.63, 3.8) is 0 Å². The summed E-state index contributed by atoms with van der Waals surface area (Å²) >= 11 is 0. The van der Waals surface area contributed by atoms with Gasteiger partial charge < -0.3 is 10.4 Å². The molecule has 0 atom stereocenters. The highest BCUT2D eigenvalue weighted by Gasteiger charge is 2.22. The number of amides is 1. The van der Waals surface area contributed by atoms with Crippen molar-refractivity contribution in [2.75, 3.05) is 0 Å². The van der Waals surface area contributed by atoms with Crippen molar-refractivity contribution in [1.82, 2.24) is 5.32 Å². The first kappa shape index (κ1) is 13.0. The Kier molecular flexibility index (Phi) is 3.97. The average Bonchev–Trinajstić information content (AvgIpc) is 2.32. The SMILES string of the molecule is Cc1ccc(C(=O)NC2CCC(O)CC2)c(F)c1. The van der Waals surface area contributed by atoms with Crippen LogP contribution in [0.25, 0.3) is 0 Å². The molecule has 1 saturated carbocycles. The third-order valence-electron chi connectivity index (χ3n) is 3.40. The molecule has 1 amide bonds. The second-order valence-electron chi connectivity index (χ2n) is 4.96. The minimum Gasteiger partial charge on any atom is -0.393 e. The zero-order chi connectivity index (χ0) is 13.1. The number of halogens is 1. The number of carbonyl (C=O) groups is 1. The third kappa shape index (κ3) is 3.07. The molecule has 0 aromatic heterocycles. The summed E-state index contributed by atoms with van der Waals surface area (Å²) in [6.45, 7) is 1.79. The van der Waals surface area contributed by atoms with Gasteiger partial charge in [-0.15, -0.1) is 0 Å². The minimum atomic E-state index is -0.483. The van der Waals surface area contributed by atoms with Crippen molar-refractivity contribution in [1.29, 1.82) is 0 Å². The predicted octanol–water partition coefficient (Wildman–Crippen LogP) is 2.17. The number of hydrogen-bond acceptors (Lipinski definition) is 2. The Bertz CT molecular complexity index is 439. The van der Waals surface area contributed by atoms with E-state index < -0.39 is 5.82 Å². The van der Waals surface area contributed by atoms with Crippen molar-refractivity contribution in [2.24, 2.45) is 0 Å². The largest absolute Gasteiger partial charge is 0.393 e. The summed E-state index contributed by atoms with van der Waals surface area (Å²) < 4.78 is 13.6. The summed E-state index contributed by atoms with van der Waals surface area (Å²) in [6.07, 6.45) is 2.64. The lowest BCUT2D eigenvalue weighted by Crippen LogP contribution is -2.38. The van der Waals surface area contributed by atoms with Crippen LogP contribution < -0.4 is 5.32 Å². The van der Waals surface area contributed by atoms with Crippen LogP contribution in [0.5, 0.6) is 0 Å². The van der Waals surface area contributed by atoms with E-state index >= 15 is 0 Å². The van der Waals surface area contributed by atoms with Gasteiger partial charge in [0.25, 0.3) is 5.91 Å². The van der Waals surface area contributed by atoms with Crippen LogP contribution in [0, 0.1) is 12.7 Å². The van der Waals surface area contributed by atoms with Crippen LogP contribution >= 0.6 is 0 Å². The van der Waals surface area contributed by atoms with Gasteiger partial charge in [0.2, 0.25) is 0 Å². The zero-order valence-electron chi connectivity index (χ0n) is 10.4. The molecule has 0 spiro atoms. The normalized spacial score (nSPS) is 23.7. The molecule has 1 aromatic rings. The number of aryl methyl sites for hydroxylation is 1. The van der Waals surface area contributed by atoms with Gasteiger partial charge in [-0.3, -0.25) is 4.79 Å². The van der Waals surface area contributed by atoms with E-state index in [1.54, 1.807) is 13.0 Å². The average molecular weight is 251 g/mol. The molecule has 1 fully saturated rings. The van der Waals surface area contributed by atoms with Gasteiger partial charge in [0, 0.05) is 6.04 Å². The highest BCUT2D eigenvalue weighted by atomic mass is 19.1. The Balaban J connectivity index is 1.99. The number of aliphatic hydroxyl groups is 1. The van der Waals surface area contributed by atoms with Crippen LogP contribution in [0.15, 0.2) is 18.2 Å². The van der Waals surface area contributed by atoms with Crippen molar-refractivity contribution >= 4 is 5.91 Å². The molecule has 1 aliphatic rings. The molecule has 0 unspecified atom stereocenters. The van der Waals surface area contributed by atoms with Gasteiger partial charge in [-0.2, -0.15) is 0 Å². The summed E-state index contributed by atoms with van der Waals surface area (Å²) in [5.74, 6) is -0.850. The molecule has 1 aromatic carbocycles. The topological polar surface area (TPSA) is 49.3 Å². The maximum Gasteiger partial charge on any atom is 0.254 e. The van der Waals surface area contributed by atoms with Crippen molar-refractivity contribution in [2.45, 2.75) is 44.8 Å². The number of aliphatic hydroxyl groups excluding tert-OH is 1. The van der Waals surface area contributed by atoms with Crippen LogP contribution in [0.4, 0.5) is 4.39 Å². The van der Waals surface area contributed by atoms with Gasteiger partial charge in [0.05, 0.1) is 11.7 Å². The summed E-state index contributed by atoms with van der Waals surface area (Å²) in [7, 11) is 0. The van der Waals surface area contributed by atoms with Gasteiger partial charge in [-0.25, -0.2) is 4.39 Å². The van der Waals surface area contributed by atoms with Crippen LogP contribution in [0.1, 0.15) is 41.6 Å². The molecule has 0 aliphatic heterocycles. The lowest BCUT2D eigenvalue weighted by atomic mass is 9.93. The molecule has 3 nitrogen and oxygen atoms in total. The van der Waals surface area contributed by atoms with Gasteiger partial charge in [-0.1, -0.05) is 6.07 Å².